The molecule has 3 aromatic rings. The highest BCUT2D eigenvalue weighted by Crippen LogP contribution is 2.24. The Morgan fingerprint density at radius 1 is 0.912 bits per heavy atom. The number of fused-ring (bicyclic) bond motifs is 1. The molecular weight excluding hydrogens is 477 g/mol. The molecule has 178 valence electrons. The number of halogens is 2. The van der Waals surface area contributed by atoms with Crippen LogP contribution in [0.5, 0.6) is 0 Å². The van der Waals surface area contributed by atoms with E-state index < -0.39 is 0 Å². The smallest absolute Gasteiger partial charge is 0.321 e. The minimum atomic E-state index is -0.142. The van der Waals surface area contributed by atoms with Crippen molar-refractivity contribution in [3.63, 3.8) is 0 Å². The molecule has 0 saturated carbocycles. The molecule has 2 fully saturated rings. The standard InChI is InChI=1S/C23H25Cl2N7O2/c24-16-12-17(25)14-18(13-16)26-23(34)32-5-3-19(4-6-32)30-7-9-31(10-8-30)22(33)15-1-2-20-21(11-15)28-29-27-20/h1-2,11-14,19H,3-10H2,(H,26,34)(H,27,28,29). The summed E-state index contributed by atoms with van der Waals surface area (Å²) in [6.45, 7) is 4.40. The summed E-state index contributed by atoms with van der Waals surface area (Å²) in [5.74, 6) is 0.0251. The van der Waals surface area contributed by atoms with Crippen LogP contribution in [0, 0.1) is 0 Å². The molecule has 0 aliphatic carbocycles. The summed E-state index contributed by atoms with van der Waals surface area (Å²) in [7, 11) is 0. The predicted molar refractivity (Wildman–Crippen MR) is 131 cm³/mol. The molecule has 2 aromatic carbocycles. The lowest BCUT2D eigenvalue weighted by Crippen LogP contribution is -2.55. The molecule has 1 aromatic heterocycles. The molecule has 2 saturated heterocycles. The van der Waals surface area contributed by atoms with Crippen LogP contribution in [0.1, 0.15) is 23.2 Å². The Bertz CT molecular complexity index is 1180. The zero-order valence-electron chi connectivity index (χ0n) is 18.5. The van der Waals surface area contributed by atoms with Crippen molar-refractivity contribution in [2.75, 3.05) is 44.6 Å². The molecule has 5 rings (SSSR count). The first-order valence-corrected chi connectivity index (χ1v) is 12.1. The van der Waals surface area contributed by atoms with Crippen molar-refractivity contribution >= 4 is 51.9 Å². The van der Waals surface area contributed by atoms with Gasteiger partial charge in [-0.25, -0.2) is 4.79 Å². The highest BCUT2D eigenvalue weighted by atomic mass is 35.5. The Labute approximate surface area is 207 Å². The summed E-state index contributed by atoms with van der Waals surface area (Å²) >= 11 is 12.0. The molecule has 3 heterocycles. The number of nitrogens with one attached hydrogen (secondary N) is 2. The second kappa shape index (κ2) is 9.77. The SMILES string of the molecule is O=C(Nc1cc(Cl)cc(Cl)c1)N1CCC(N2CCN(C(=O)c3ccc4[nH]nnc4c3)CC2)CC1. The van der Waals surface area contributed by atoms with Crippen LogP contribution >= 0.6 is 23.2 Å². The fourth-order valence-electron chi connectivity index (χ4n) is 4.71. The van der Waals surface area contributed by atoms with Gasteiger partial charge >= 0.3 is 6.03 Å². The molecule has 0 radical (unpaired) electrons. The van der Waals surface area contributed by atoms with E-state index in [-0.39, 0.29) is 11.9 Å². The van der Waals surface area contributed by atoms with Crippen molar-refractivity contribution in [3.05, 3.63) is 52.0 Å². The van der Waals surface area contributed by atoms with Crippen LogP contribution in [0.25, 0.3) is 11.0 Å². The number of piperazine rings is 1. The lowest BCUT2D eigenvalue weighted by atomic mass is 10.0. The van der Waals surface area contributed by atoms with Crippen molar-refractivity contribution < 1.29 is 9.59 Å². The molecule has 2 aliphatic heterocycles. The first kappa shape index (κ1) is 22.9. The Kier molecular flexibility index (Phi) is 6.58. The van der Waals surface area contributed by atoms with Gasteiger partial charge in [-0.05, 0) is 49.2 Å². The molecule has 2 N–H and O–H groups in total. The van der Waals surface area contributed by atoms with Gasteiger partial charge in [0.1, 0.15) is 5.52 Å². The Morgan fingerprint density at radius 2 is 1.62 bits per heavy atom. The van der Waals surface area contributed by atoms with Gasteiger partial charge < -0.3 is 15.1 Å². The van der Waals surface area contributed by atoms with E-state index in [4.69, 9.17) is 23.2 Å². The molecule has 11 heteroatoms. The average Bonchev–Trinajstić information content (AvgIpc) is 3.31. The number of likely N-dealkylation sites (tertiary alicyclic amines) is 1. The van der Waals surface area contributed by atoms with Gasteiger partial charge in [0.25, 0.3) is 5.91 Å². The number of amides is 3. The normalized spacial score (nSPS) is 17.8. The van der Waals surface area contributed by atoms with Crippen LogP contribution in [0.15, 0.2) is 36.4 Å². The zero-order chi connectivity index (χ0) is 23.7. The third kappa shape index (κ3) is 4.96. The van der Waals surface area contributed by atoms with Crippen LogP contribution in [0.3, 0.4) is 0 Å². The van der Waals surface area contributed by atoms with Crippen LogP contribution < -0.4 is 5.32 Å². The maximum absolute atomic E-state index is 12.9. The number of hydrogen-bond acceptors (Lipinski definition) is 5. The van der Waals surface area contributed by atoms with E-state index >= 15 is 0 Å². The van der Waals surface area contributed by atoms with Crippen LogP contribution in [-0.4, -0.2) is 87.4 Å². The number of carbonyl (C=O) groups excluding carboxylic acids is 2. The maximum atomic E-state index is 12.9. The van der Waals surface area contributed by atoms with Gasteiger partial charge in [0.15, 0.2) is 0 Å². The van der Waals surface area contributed by atoms with Crippen molar-refractivity contribution in [1.29, 1.82) is 0 Å². The summed E-state index contributed by atoms with van der Waals surface area (Å²) < 4.78 is 0. The second-order valence-corrected chi connectivity index (χ2v) is 9.55. The summed E-state index contributed by atoms with van der Waals surface area (Å²) in [5.41, 5.74) is 2.74. The minimum Gasteiger partial charge on any atom is -0.336 e. The summed E-state index contributed by atoms with van der Waals surface area (Å²) in [4.78, 5) is 31.8. The number of anilines is 1. The van der Waals surface area contributed by atoms with E-state index in [1.165, 1.54) is 0 Å². The fourth-order valence-corrected chi connectivity index (χ4v) is 5.24. The van der Waals surface area contributed by atoms with Crippen LogP contribution in [0.4, 0.5) is 10.5 Å². The summed E-state index contributed by atoms with van der Waals surface area (Å²) in [5, 5.41) is 14.4. The highest BCUT2D eigenvalue weighted by Gasteiger charge is 2.30. The molecule has 0 atom stereocenters. The summed E-state index contributed by atoms with van der Waals surface area (Å²) in [6, 6.07) is 10.7. The quantitative estimate of drug-likeness (QED) is 0.569. The molecule has 0 unspecified atom stereocenters. The van der Waals surface area contributed by atoms with Gasteiger partial charge in [0, 0.05) is 66.6 Å². The Morgan fingerprint density at radius 3 is 2.32 bits per heavy atom. The van der Waals surface area contributed by atoms with Crippen molar-refractivity contribution in [3.8, 4) is 0 Å². The van der Waals surface area contributed by atoms with Gasteiger partial charge in [-0.1, -0.05) is 28.4 Å². The minimum absolute atomic E-state index is 0.0251. The average molecular weight is 502 g/mol. The molecule has 0 bridgehead atoms. The van der Waals surface area contributed by atoms with E-state index in [1.54, 1.807) is 24.3 Å². The number of urea groups is 1. The number of nitrogens with zero attached hydrogens (tertiary/aromatic N) is 5. The number of aromatic amines is 1. The van der Waals surface area contributed by atoms with E-state index in [1.807, 2.05) is 21.9 Å². The maximum Gasteiger partial charge on any atom is 0.321 e. The molecule has 0 spiro atoms. The second-order valence-electron chi connectivity index (χ2n) is 8.68. The molecule has 9 nitrogen and oxygen atoms in total. The van der Waals surface area contributed by atoms with Gasteiger partial charge in [0.05, 0.1) is 5.52 Å². The van der Waals surface area contributed by atoms with Gasteiger partial charge in [0.2, 0.25) is 0 Å². The van der Waals surface area contributed by atoms with Crippen LogP contribution in [-0.2, 0) is 0 Å². The third-order valence-corrected chi connectivity index (χ3v) is 6.99. The molecular formula is C23H25Cl2N7O2. The zero-order valence-corrected chi connectivity index (χ0v) is 20.0. The molecule has 2 aliphatic rings. The van der Waals surface area contributed by atoms with Crippen LogP contribution in [0.2, 0.25) is 10.0 Å². The van der Waals surface area contributed by atoms with Crippen molar-refractivity contribution in [2.24, 2.45) is 0 Å². The topological polar surface area (TPSA) is 97.5 Å². The number of rotatable bonds is 3. The van der Waals surface area contributed by atoms with Gasteiger partial charge in [-0.15, -0.1) is 5.10 Å². The molecule has 3 amide bonds. The predicted octanol–water partition coefficient (Wildman–Crippen LogP) is 3.72. The van der Waals surface area contributed by atoms with E-state index in [0.717, 1.165) is 31.4 Å². The monoisotopic (exact) mass is 501 g/mol. The fraction of sp³-hybridized carbons (Fsp3) is 0.391. The first-order valence-electron chi connectivity index (χ1n) is 11.3. The Hall–Kier alpha value is -2.88. The number of piperidine rings is 1. The number of benzene rings is 2. The van der Waals surface area contributed by atoms with Crippen molar-refractivity contribution in [2.45, 2.75) is 18.9 Å². The van der Waals surface area contributed by atoms with E-state index in [2.05, 4.69) is 25.6 Å². The Balaban J connectivity index is 1.10. The molecule has 34 heavy (non-hydrogen) atoms. The number of aromatic nitrogens is 3. The lowest BCUT2D eigenvalue weighted by molar-refractivity contribution is 0.0483. The van der Waals surface area contributed by atoms with Gasteiger partial charge in [-0.2, -0.15) is 0 Å². The number of hydrogen-bond donors (Lipinski definition) is 2. The van der Waals surface area contributed by atoms with Gasteiger partial charge in [-0.3, -0.25) is 14.8 Å². The third-order valence-electron chi connectivity index (χ3n) is 6.56. The highest BCUT2D eigenvalue weighted by molar-refractivity contribution is 6.35. The van der Waals surface area contributed by atoms with E-state index in [9.17, 15) is 9.59 Å². The van der Waals surface area contributed by atoms with E-state index in [0.29, 0.717) is 59.0 Å². The largest absolute Gasteiger partial charge is 0.336 e. The number of H-pyrrole nitrogens is 1. The lowest BCUT2D eigenvalue weighted by Gasteiger charge is -2.42. The first-order chi connectivity index (χ1) is 16.5. The summed E-state index contributed by atoms with van der Waals surface area (Å²) in [6.07, 6.45) is 1.81. The number of carbonyl (C=O) groups is 2. The van der Waals surface area contributed by atoms with Crippen molar-refractivity contribution in [1.82, 2.24) is 30.1 Å².